The van der Waals surface area contributed by atoms with Crippen molar-refractivity contribution in [3.05, 3.63) is 40.6 Å². The van der Waals surface area contributed by atoms with Gasteiger partial charge in [-0.1, -0.05) is 0 Å². The van der Waals surface area contributed by atoms with E-state index in [1.807, 2.05) is 0 Å². The molecule has 12 nitrogen and oxygen atoms in total. The van der Waals surface area contributed by atoms with Crippen molar-refractivity contribution in [1.82, 2.24) is 0 Å². The molecule has 12 heteroatoms. The lowest BCUT2D eigenvalue weighted by atomic mass is 9.99. The van der Waals surface area contributed by atoms with Crippen LogP contribution in [0.3, 0.4) is 0 Å². The zero-order valence-electron chi connectivity index (χ0n) is 16.7. The number of phenolic OH excluding ortho intramolecular Hbond substituents is 3. The molecule has 1 aliphatic rings. The number of aromatic hydroxyl groups is 4. The van der Waals surface area contributed by atoms with Gasteiger partial charge in [-0.05, 0) is 24.3 Å². The van der Waals surface area contributed by atoms with Gasteiger partial charge < -0.3 is 54.7 Å². The first-order valence-corrected chi connectivity index (χ1v) is 9.65. The summed E-state index contributed by atoms with van der Waals surface area (Å²) in [4.78, 5) is 12.5. The van der Waals surface area contributed by atoms with Crippen LogP contribution in [0.4, 0.5) is 0 Å². The Kier molecular flexibility index (Phi) is 5.78. The van der Waals surface area contributed by atoms with E-state index in [2.05, 4.69) is 0 Å². The number of hydrogen-bond donors (Lipinski definition) is 8. The second-order valence-corrected chi connectivity index (χ2v) is 7.42. The van der Waals surface area contributed by atoms with E-state index in [0.717, 1.165) is 6.07 Å². The number of fused-ring (bicyclic) bond motifs is 1. The smallest absolute Gasteiger partial charge is 0.238 e. The van der Waals surface area contributed by atoms with E-state index in [0.29, 0.717) is 0 Å². The molecule has 2 aromatic carbocycles. The molecule has 8 N–H and O–H groups in total. The molecule has 0 amide bonds. The lowest BCUT2D eigenvalue weighted by molar-refractivity contribution is -0.277. The number of hydrogen-bond acceptors (Lipinski definition) is 12. The van der Waals surface area contributed by atoms with Crippen LogP contribution < -0.4 is 10.2 Å². The molecule has 5 atom stereocenters. The van der Waals surface area contributed by atoms with Crippen LogP contribution in [0.25, 0.3) is 22.3 Å². The van der Waals surface area contributed by atoms with E-state index in [1.165, 1.54) is 24.3 Å². The number of rotatable bonds is 4. The first kappa shape index (κ1) is 22.6. The first-order chi connectivity index (χ1) is 15.6. The van der Waals surface area contributed by atoms with E-state index in [1.54, 1.807) is 0 Å². The molecule has 0 saturated carbocycles. The molecule has 1 aliphatic heterocycles. The molecule has 0 spiro atoms. The summed E-state index contributed by atoms with van der Waals surface area (Å²) in [5, 5.41) is 78.3. The minimum absolute atomic E-state index is 0.115. The van der Waals surface area contributed by atoms with Crippen molar-refractivity contribution in [3.63, 3.8) is 0 Å². The molecule has 2 heterocycles. The molecule has 5 unspecified atom stereocenters. The number of ether oxygens (including phenoxy) is 2. The molecular formula is C21H20O12. The van der Waals surface area contributed by atoms with Crippen molar-refractivity contribution in [2.24, 2.45) is 0 Å². The van der Waals surface area contributed by atoms with Crippen molar-refractivity contribution in [2.75, 3.05) is 6.61 Å². The van der Waals surface area contributed by atoms with Crippen molar-refractivity contribution in [2.45, 2.75) is 30.7 Å². The van der Waals surface area contributed by atoms with Crippen molar-refractivity contribution in [1.29, 1.82) is 0 Å². The van der Waals surface area contributed by atoms with E-state index >= 15 is 0 Å². The fourth-order valence-corrected chi connectivity index (χ4v) is 3.49. The van der Waals surface area contributed by atoms with Crippen molar-refractivity contribution in [3.8, 4) is 40.1 Å². The van der Waals surface area contributed by atoms with Crippen molar-refractivity contribution >= 4 is 11.0 Å². The third-order valence-corrected chi connectivity index (χ3v) is 5.29. The largest absolute Gasteiger partial charge is 0.507 e. The fourth-order valence-electron chi connectivity index (χ4n) is 3.49. The number of benzene rings is 2. The van der Waals surface area contributed by atoms with Gasteiger partial charge in [-0.15, -0.1) is 0 Å². The Labute approximate surface area is 184 Å². The zero-order valence-corrected chi connectivity index (χ0v) is 16.7. The lowest BCUT2D eigenvalue weighted by Crippen LogP contribution is -2.60. The normalized spacial score (nSPS) is 25.3. The highest BCUT2D eigenvalue weighted by molar-refractivity contribution is 5.92. The van der Waals surface area contributed by atoms with Gasteiger partial charge in [-0.2, -0.15) is 0 Å². The van der Waals surface area contributed by atoms with Crippen molar-refractivity contribution < 1.29 is 54.7 Å². The highest BCUT2D eigenvalue weighted by Crippen LogP contribution is 2.41. The highest BCUT2D eigenvalue weighted by Gasteiger charge is 2.44. The maximum absolute atomic E-state index is 12.5. The van der Waals surface area contributed by atoms with Crippen LogP contribution in [0, 0.1) is 0 Å². The summed E-state index contributed by atoms with van der Waals surface area (Å²) in [6, 6.07) is 6.13. The van der Waals surface area contributed by atoms with Gasteiger partial charge in [0.2, 0.25) is 23.2 Å². The third-order valence-electron chi connectivity index (χ3n) is 5.29. The summed E-state index contributed by atoms with van der Waals surface area (Å²) in [5.41, 5.74) is -1.43. The summed E-state index contributed by atoms with van der Waals surface area (Å²) in [6.07, 6.45) is -7.35. The van der Waals surface area contributed by atoms with Gasteiger partial charge in [0.15, 0.2) is 17.1 Å². The number of aliphatic hydroxyl groups excluding tert-OH is 4. The monoisotopic (exact) mass is 464 g/mol. The van der Waals surface area contributed by atoms with Gasteiger partial charge in [0.1, 0.15) is 41.3 Å². The van der Waals surface area contributed by atoms with E-state index in [4.69, 9.17) is 13.9 Å². The van der Waals surface area contributed by atoms with Crippen LogP contribution in [0.2, 0.25) is 0 Å². The minimum Gasteiger partial charge on any atom is -0.507 e. The lowest BCUT2D eigenvalue weighted by Gasteiger charge is -2.39. The van der Waals surface area contributed by atoms with Gasteiger partial charge in [0, 0.05) is 11.6 Å². The molecule has 1 fully saturated rings. The summed E-state index contributed by atoms with van der Waals surface area (Å²) in [5.74, 6) is -3.34. The second-order valence-electron chi connectivity index (χ2n) is 7.42. The van der Waals surface area contributed by atoms with E-state index < -0.39 is 76.7 Å². The molecule has 176 valence electrons. The molecule has 33 heavy (non-hydrogen) atoms. The number of aliphatic hydroxyl groups is 4. The Morgan fingerprint density at radius 2 is 1.55 bits per heavy atom. The summed E-state index contributed by atoms with van der Waals surface area (Å²) < 4.78 is 16.1. The standard InChI is InChI=1S/C21H20O12/c22-6-11-14(26)16(28)18(30)21(32-11)31-8-3-1-7(2-4-8)19-17(29)15(27)12-9(23)5-10(24)13(25)20(12)33-19/h1-5,11,14,16,18,21-26,28-30H,6H2. The highest BCUT2D eigenvalue weighted by atomic mass is 16.7. The van der Waals surface area contributed by atoms with Gasteiger partial charge in [-0.25, -0.2) is 0 Å². The molecule has 4 rings (SSSR count). The van der Waals surface area contributed by atoms with Gasteiger partial charge in [-0.3, -0.25) is 4.79 Å². The first-order valence-electron chi connectivity index (χ1n) is 9.65. The molecular weight excluding hydrogens is 444 g/mol. The van der Waals surface area contributed by atoms with Crippen LogP contribution in [0.5, 0.6) is 28.7 Å². The van der Waals surface area contributed by atoms with Crippen LogP contribution in [-0.2, 0) is 4.74 Å². The van der Waals surface area contributed by atoms with Crippen LogP contribution in [0.15, 0.2) is 39.5 Å². The average molecular weight is 464 g/mol. The maximum atomic E-state index is 12.5. The van der Waals surface area contributed by atoms with Crippen LogP contribution >= 0.6 is 0 Å². The summed E-state index contributed by atoms with van der Waals surface area (Å²) in [7, 11) is 0. The predicted octanol–water partition coefficient (Wildman–Crippen LogP) is -0.539. The predicted molar refractivity (Wildman–Crippen MR) is 109 cm³/mol. The Bertz CT molecular complexity index is 1230. The minimum atomic E-state index is -1.62. The SMILES string of the molecule is O=c1c(O)c(-c2ccc(OC3OC(CO)C(O)C(O)C3O)cc2)oc2c(O)c(O)cc(O)c12. The average Bonchev–Trinajstić information content (AvgIpc) is 2.80. The molecule has 3 aromatic rings. The Hall–Kier alpha value is -3.55. The Morgan fingerprint density at radius 3 is 2.18 bits per heavy atom. The second kappa shape index (κ2) is 8.42. The van der Waals surface area contributed by atoms with Gasteiger partial charge in [0.25, 0.3) is 0 Å². The number of phenols is 3. The molecule has 1 saturated heterocycles. The zero-order chi connectivity index (χ0) is 24.0. The van der Waals surface area contributed by atoms with Crippen LogP contribution in [-0.4, -0.2) is 78.2 Å². The third kappa shape index (κ3) is 3.79. The van der Waals surface area contributed by atoms with Crippen LogP contribution in [0.1, 0.15) is 0 Å². The quantitative estimate of drug-likeness (QED) is 0.181. The Morgan fingerprint density at radius 1 is 0.879 bits per heavy atom. The fraction of sp³-hybridized carbons (Fsp3) is 0.286. The van der Waals surface area contributed by atoms with E-state index in [-0.39, 0.29) is 17.1 Å². The van der Waals surface area contributed by atoms with E-state index in [9.17, 15) is 45.6 Å². The van der Waals surface area contributed by atoms with Gasteiger partial charge >= 0.3 is 0 Å². The topological polar surface area (TPSA) is 211 Å². The molecule has 1 aromatic heterocycles. The van der Waals surface area contributed by atoms with Gasteiger partial charge in [0.05, 0.1) is 6.61 Å². The molecule has 0 radical (unpaired) electrons. The molecule has 0 aliphatic carbocycles. The molecule has 0 bridgehead atoms. The summed E-state index contributed by atoms with van der Waals surface area (Å²) in [6.45, 7) is -0.623. The maximum Gasteiger partial charge on any atom is 0.238 e. The Balaban J connectivity index is 1.66. The summed E-state index contributed by atoms with van der Waals surface area (Å²) >= 11 is 0.